The summed E-state index contributed by atoms with van der Waals surface area (Å²) in [5.74, 6) is 2.46. The molecule has 0 saturated heterocycles. The van der Waals surface area contributed by atoms with Gasteiger partial charge < -0.3 is 10.1 Å². The van der Waals surface area contributed by atoms with Crippen LogP contribution in [0.4, 0.5) is 5.82 Å². The van der Waals surface area contributed by atoms with Crippen molar-refractivity contribution in [2.24, 2.45) is 0 Å². The van der Waals surface area contributed by atoms with Crippen LogP contribution in [0.1, 0.15) is 17.0 Å². The van der Waals surface area contributed by atoms with Crippen molar-refractivity contribution < 1.29 is 4.74 Å². The number of nitrogens with zero attached hydrogens (tertiary/aromatic N) is 2. The van der Waals surface area contributed by atoms with Gasteiger partial charge in [-0.2, -0.15) is 0 Å². The number of benzene rings is 1. The molecule has 0 radical (unpaired) electrons. The van der Waals surface area contributed by atoms with E-state index in [0.717, 1.165) is 32.9 Å². The molecular weight excluding hydrogens is 282 g/mol. The van der Waals surface area contributed by atoms with Crippen molar-refractivity contribution in [2.45, 2.75) is 20.5 Å². The van der Waals surface area contributed by atoms with E-state index >= 15 is 0 Å². The molecule has 108 valence electrons. The molecule has 0 aliphatic rings. The van der Waals surface area contributed by atoms with Crippen LogP contribution >= 0.6 is 11.3 Å². The summed E-state index contributed by atoms with van der Waals surface area (Å²) in [4.78, 5) is 10.1. The quantitative estimate of drug-likeness (QED) is 0.793. The molecule has 0 aliphatic carbocycles. The molecule has 0 saturated carbocycles. The lowest BCUT2D eigenvalue weighted by Gasteiger charge is -2.12. The zero-order valence-corrected chi connectivity index (χ0v) is 13.1. The third kappa shape index (κ3) is 2.69. The fourth-order valence-corrected chi connectivity index (χ4v) is 3.10. The first-order valence-electron chi connectivity index (χ1n) is 6.80. The van der Waals surface area contributed by atoms with Gasteiger partial charge in [-0.05, 0) is 36.4 Å². The number of aromatic nitrogens is 2. The first-order chi connectivity index (χ1) is 10.2. The zero-order chi connectivity index (χ0) is 14.8. The van der Waals surface area contributed by atoms with Crippen molar-refractivity contribution in [3.63, 3.8) is 0 Å². The molecule has 5 heteroatoms. The number of hydrogen-bond acceptors (Lipinski definition) is 5. The molecule has 0 spiro atoms. The molecule has 0 bridgehead atoms. The van der Waals surface area contributed by atoms with Gasteiger partial charge in [-0.3, -0.25) is 0 Å². The smallest absolute Gasteiger partial charge is 0.169 e. The highest BCUT2D eigenvalue weighted by atomic mass is 32.1. The maximum Gasteiger partial charge on any atom is 0.169 e. The van der Waals surface area contributed by atoms with Gasteiger partial charge in [-0.1, -0.05) is 18.2 Å². The summed E-state index contributed by atoms with van der Waals surface area (Å²) < 4.78 is 5.93. The molecule has 1 N–H and O–H groups in total. The maximum absolute atomic E-state index is 5.93. The van der Waals surface area contributed by atoms with Gasteiger partial charge in [0.25, 0.3) is 0 Å². The number of nitrogens with one attached hydrogen (secondary N) is 1. The maximum atomic E-state index is 5.93. The van der Waals surface area contributed by atoms with Crippen LogP contribution < -0.4 is 10.1 Å². The minimum absolute atomic E-state index is 0.369. The summed E-state index contributed by atoms with van der Waals surface area (Å²) >= 11 is 1.61. The van der Waals surface area contributed by atoms with E-state index in [1.807, 2.05) is 50.5 Å². The largest absolute Gasteiger partial charge is 0.485 e. The van der Waals surface area contributed by atoms with Gasteiger partial charge in [0.1, 0.15) is 23.0 Å². The average molecular weight is 299 g/mol. The number of ether oxygens (including phenoxy) is 1. The summed E-state index contributed by atoms with van der Waals surface area (Å²) in [5, 5.41) is 6.20. The molecule has 0 amide bonds. The molecule has 0 fully saturated rings. The van der Waals surface area contributed by atoms with E-state index in [0.29, 0.717) is 12.4 Å². The third-order valence-corrected chi connectivity index (χ3v) is 4.17. The predicted octanol–water partition coefficient (Wildman–Crippen LogP) is 3.93. The minimum Gasteiger partial charge on any atom is -0.485 e. The van der Waals surface area contributed by atoms with Crippen LogP contribution in [0.3, 0.4) is 0 Å². The Morgan fingerprint density at radius 3 is 2.62 bits per heavy atom. The van der Waals surface area contributed by atoms with Crippen LogP contribution in [0.25, 0.3) is 10.2 Å². The highest BCUT2D eigenvalue weighted by Gasteiger charge is 2.09. The zero-order valence-electron chi connectivity index (χ0n) is 12.3. The van der Waals surface area contributed by atoms with Crippen LogP contribution in [0, 0.1) is 13.8 Å². The van der Waals surface area contributed by atoms with Crippen molar-refractivity contribution in [1.82, 2.24) is 9.97 Å². The van der Waals surface area contributed by atoms with E-state index in [9.17, 15) is 0 Å². The van der Waals surface area contributed by atoms with E-state index < -0.39 is 0 Å². The van der Waals surface area contributed by atoms with Crippen LogP contribution in [0.15, 0.2) is 29.6 Å². The molecule has 21 heavy (non-hydrogen) atoms. The second-order valence-corrected chi connectivity index (χ2v) is 5.78. The molecule has 0 atom stereocenters. The van der Waals surface area contributed by atoms with Crippen molar-refractivity contribution in [3.05, 3.63) is 46.6 Å². The van der Waals surface area contributed by atoms with Gasteiger partial charge in [0.2, 0.25) is 0 Å². The lowest BCUT2D eigenvalue weighted by molar-refractivity contribution is 0.292. The number of para-hydroxylation sites is 1. The average Bonchev–Trinajstić information content (AvgIpc) is 2.94. The Morgan fingerprint density at radius 1 is 1.14 bits per heavy atom. The van der Waals surface area contributed by atoms with Crippen LogP contribution in [-0.2, 0) is 6.61 Å². The summed E-state index contributed by atoms with van der Waals surface area (Å²) in [6, 6.07) is 8.15. The SMILES string of the molecule is CNc1nc(COc2c(C)cccc2C)nc2sccc12. The van der Waals surface area contributed by atoms with Crippen molar-refractivity contribution in [3.8, 4) is 5.75 Å². The molecule has 2 aromatic heterocycles. The molecule has 4 nitrogen and oxygen atoms in total. The molecular formula is C16H17N3OS. The molecule has 2 heterocycles. The molecule has 1 aromatic carbocycles. The summed E-state index contributed by atoms with van der Waals surface area (Å²) in [7, 11) is 1.87. The molecule has 0 aliphatic heterocycles. The predicted molar refractivity (Wildman–Crippen MR) is 87.2 cm³/mol. The Bertz CT molecular complexity index is 762. The standard InChI is InChI=1S/C16H17N3OS/c1-10-5-4-6-11(2)14(10)20-9-13-18-15(17-3)12-7-8-21-16(12)19-13/h4-8H,9H2,1-3H3,(H,17,18,19). The van der Waals surface area contributed by atoms with Gasteiger partial charge in [0.05, 0.1) is 5.39 Å². The lowest BCUT2D eigenvalue weighted by Crippen LogP contribution is -2.05. The van der Waals surface area contributed by atoms with E-state index in [1.165, 1.54) is 0 Å². The van der Waals surface area contributed by atoms with Gasteiger partial charge in [-0.15, -0.1) is 11.3 Å². The Labute approximate surface area is 127 Å². The Kier molecular flexibility index (Phi) is 3.75. The summed E-state index contributed by atoms with van der Waals surface area (Å²) in [6.07, 6.45) is 0. The van der Waals surface area contributed by atoms with Gasteiger partial charge >= 0.3 is 0 Å². The Hall–Kier alpha value is -2.14. The normalized spacial score (nSPS) is 10.8. The first kappa shape index (κ1) is 13.8. The van der Waals surface area contributed by atoms with E-state index in [1.54, 1.807) is 11.3 Å². The van der Waals surface area contributed by atoms with Crippen LogP contribution in [0.2, 0.25) is 0 Å². The summed E-state index contributed by atoms with van der Waals surface area (Å²) in [6.45, 7) is 4.46. The van der Waals surface area contributed by atoms with Gasteiger partial charge in [-0.25, -0.2) is 9.97 Å². The van der Waals surface area contributed by atoms with Crippen LogP contribution in [0.5, 0.6) is 5.75 Å². The molecule has 3 rings (SSSR count). The number of aryl methyl sites for hydroxylation is 2. The lowest BCUT2D eigenvalue weighted by atomic mass is 10.1. The van der Waals surface area contributed by atoms with Crippen molar-refractivity contribution in [1.29, 1.82) is 0 Å². The highest BCUT2D eigenvalue weighted by Crippen LogP contribution is 2.26. The number of anilines is 1. The third-order valence-electron chi connectivity index (χ3n) is 3.36. The van der Waals surface area contributed by atoms with Gasteiger partial charge in [0.15, 0.2) is 5.82 Å². The number of rotatable bonds is 4. The summed E-state index contributed by atoms with van der Waals surface area (Å²) in [5.41, 5.74) is 2.25. The van der Waals surface area contributed by atoms with Crippen LogP contribution in [-0.4, -0.2) is 17.0 Å². The van der Waals surface area contributed by atoms with Gasteiger partial charge in [0, 0.05) is 7.05 Å². The topological polar surface area (TPSA) is 47.0 Å². The number of thiophene rings is 1. The second-order valence-electron chi connectivity index (χ2n) is 4.89. The Balaban J connectivity index is 1.88. The van der Waals surface area contributed by atoms with E-state index in [-0.39, 0.29) is 0 Å². The monoisotopic (exact) mass is 299 g/mol. The van der Waals surface area contributed by atoms with Crippen molar-refractivity contribution in [2.75, 3.05) is 12.4 Å². The number of fused-ring (bicyclic) bond motifs is 1. The second kappa shape index (κ2) is 5.69. The molecule has 0 unspecified atom stereocenters. The highest BCUT2D eigenvalue weighted by molar-refractivity contribution is 7.16. The fourth-order valence-electron chi connectivity index (χ4n) is 2.32. The first-order valence-corrected chi connectivity index (χ1v) is 7.68. The minimum atomic E-state index is 0.369. The number of hydrogen-bond donors (Lipinski definition) is 1. The van der Waals surface area contributed by atoms with Crippen molar-refractivity contribution >= 4 is 27.4 Å². The Morgan fingerprint density at radius 2 is 1.90 bits per heavy atom. The fraction of sp³-hybridized carbons (Fsp3) is 0.250. The van der Waals surface area contributed by atoms with E-state index in [4.69, 9.17) is 4.74 Å². The molecule has 3 aromatic rings. The van der Waals surface area contributed by atoms with E-state index in [2.05, 4.69) is 15.3 Å².